The van der Waals surface area contributed by atoms with Crippen molar-refractivity contribution in [3.05, 3.63) is 77.2 Å². The van der Waals surface area contributed by atoms with Crippen LogP contribution in [0.25, 0.3) is 0 Å². The summed E-state index contributed by atoms with van der Waals surface area (Å²) in [6.45, 7) is 4.75. The van der Waals surface area contributed by atoms with Crippen molar-refractivity contribution in [3.8, 4) is 5.75 Å². The fraction of sp³-hybridized carbons (Fsp3) is 0.222. The molecule has 0 aliphatic rings. The molecule has 0 saturated heterocycles. The minimum Gasteiger partial charge on any atom is -0.483 e. The fourth-order valence-electron chi connectivity index (χ4n) is 2.07. The van der Waals surface area contributed by atoms with Crippen molar-refractivity contribution in [3.63, 3.8) is 0 Å². The average molecular weight is 312 g/mol. The molecule has 1 aromatic carbocycles. The van der Waals surface area contributed by atoms with Crippen molar-refractivity contribution < 1.29 is 9.53 Å². The number of carbonyl (C=O) groups excluding carboxylic acids is 1. The zero-order valence-electron chi connectivity index (χ0n) is 12.9. The number of amides is 1. The Morgan fingerprint density at radius 2 is 2.00 bits per heavy atom. The van der Waals surface area contributed by atoms with Gasteiger partial charge in [0.05, 0.1) is 0 Å². The van der Waals surface area contributed by atoms with E-state index >= 15 is 0 Å². The molecule has 1 N–H and O–H groups in total. The van der Waals surface area contributed by atoms with E-state index in [1.54, 1.807) is 22.9 Å². The quantitative estimate of drug-likeness (QED) is 0.600. The first kappa shape index (κ1) is 16.5. The minimum absolute atomic E-state index is 0.168. The Morgan fingerprint density at radius 3 is 2.74 bits per heavy atom. The van der Waals surface area contributed by atoms with E-state index in [1.807, 2.05) is 30.3 Å². The number of hydrogen-bond donors (Lipinski definition) is 1. The Morgan fingerprint density at radius 1 is 1.22 bits per heavy atom. The standard InChI is InChI=1S/C18H20N2O3/c1-2-17(21)19-11-7-13-20-12-6-10-16(18(20)22)23-14-15-8-4-3-5-9-15/h2-6,8-10,12H,1,7,11,13-14H2,(H,19,21). The lowest BCUT2D eigenvalue weighted by Crippen LogP contribution is -2.26. The first-order valence-electron chi connectivity index (χ1n) is 7.47. The molecule has 2 rings (SSSR count). The molecule has 5 heteroatoms. The van der Waals surface area contributed by atoms with E-state index in [0.717, 1.165) is 5.56 Å². The molecular weight excluding hydrogens is 292 g/mol. The minimum atomic E-state index is -0.211. The van der Waals surface area contributed by atoms with Gasteiger partial charge in [0.2, 0.25) is 5.91 Å². The first-order valence-corrected chi connectivity index (χ1v) is 7.47. The molecule has 0 fully saturated rings. The van der Waals surface area contributed by atoms with Gasteiger partial charge in [-0.2, -0.15) is 0 Å². The number of rotatable bonds is 8. The predicted octanol–water partition coefficient (Wildman–Crippen LogP) is 2.12. The van der Waals surface area contributed by atoms with Crippen LogP contribution in [-0.2, 0) is 17.9 Å². The van der Waals surface area contributed by atoms with Crippen LogP contribution in [0.3, 0.4) is 0 Å². The lowest BCUT2D eigenvalue weighted by Gasteiger charge is -2.10. The molecule has 0 bridgehead atoms. The zero-order chi connectivity index (χ0) is 16.5. The number of carbonyl (C=O) groups is 1. The molecule has 0 aliphatic heterocycles. The highest BCUT2D eigenvalue weighted by molar-refractivity contribution is 5.86. The molecule has 0 radical (unpaired) electrons. The number of aromatic nitrogens is 1. The molecule has 2 aromatic rings. The van der Waals surface area contributed by atoms with Gasteiger partial charge in [0, 0.05) is 19.3 Å². The van der Waals surface area contributed by atoms with E-state index in [2.05, 4.69) is 11.9 Å². The molecule has 23 heavy (non-hydrogen) atoms. The maximum absolute atomic E-state index is 12.3. The normalized spacial score (nSPS) is 10.1. The van der Waals surface area contributed by atoms with Crippen LogP contribution in [0.15, 0.2) is 66.1 Å². The molecule has 120 valence electrons. The summed E-state index contributed by atoms with van der Waals surface area (Å²) in [6.07, 6.45) is 3.60. The van der Waals surface area contributed by atoms with Crippen molar-refractivity contribution in [2.75, 3.05) is 6.54 Å². The topological polar surface area (TPSA) is 60.3 Å². The van der Waals surface area contributed by atoms with Crippen molar-refractivity contribution in [1.82, 2.24) is 9.88 Å². The van der Waals surface area contributed by atoms with Gasteiger partial charge in [-0.15, -0.1) is 0 Å². The predicted molar refractivity (Wildman–Crippen MR) is 89.3 cm³/mol. The van der Waals surface area contributed by atoms with E-state index in [9.17, 15) is 9.59 Å². The first-order chi connectivity index (χ1) is 11.2. The Kier molecular flexibility index (Phi) is 6.17. The van der Waals surface area contributed by atoms with Crippen LogP contribution in [-0.4, -0.2) is 17.0 Å². The maximum Gasteiger partial charge on any atom is 0.292 e. The second-order valence-electron chi connectivity index (χ2n) is 4.99. The molecule has 0 atom stereocenters. The molecule has 1 aromatic heterocycles. The number of aryl methyl sites for hydroxylation is 1. The largest absolute Gasteiger partial charge is 0.483 e. The smallest absolute Gasteiger partial charge is 0.292 e. The Balaban J connectivity index is 1.91. The molecule has 1 heterocycles. The second-order valence-corrected chi connectivity index (χ2v) is 4.99. The third-order valence-corrected chi connectivity index (χ3v) is 3.28. The van der Waals surface area contributed by atoms with Crippen molar-refractivity contribution in [2.45, 2.75) is 19.6 Å². The van der Waals surface area contributed by atoms with Gasteiger partial charge >= 0.3 is 0 Å². The molecule has 5 nitrogen and oxygen atoms in total. The number of benzene rings is 1. The van der Waals surface area contributed by atoms with Gasteiger partial charge in [-0.05, 0) is 30.2 Å². The number of nitrogens with zero attached hydrogens (tertiary/aromatic N) is 1. The number of hydrogen-bond acceptors (Lipinski definition) is 3. The summed E-state index contributed by atoms with van der Waals surface area (Å²) in [6, 6.07) is 13.1. The second kappa shape index (κ2) is 8.58. The highest BCUT2D eigenvalue weighted by Gasteiger charge is 2.05. The van der Waals surface area contributed by atoms with Crippen LogP contribution in [0.2, 0.25) is 0 Å². The maximum atomic E-state index is 12.3. The molecule has 1 amide bonds. The summed E-state index contributed by atoms with van der Waals surface area (Å²) in [5, 5.41) is 2.68. The summed E-state index contributed by atoms with van der Waals surface area (Å²) in [5.74, 6) is 0.115. The molecule has 0 unspecified atom stereocenters. The van der Waals surface area contributed by atoms with Crippen LogP contribution in [0.1, 0.15) is 12.0 Å². The Bertz CT molecular complexity index is 708. The summed E-state index contributed by atoms with van der Waals surface area (Å²) in [7, 11) is 0. The van der Waals surface area contributed by atoms with E-state index in [0.29, 0.717) is 31.9 Å². The SMILES string of the molecule is C=CC(=O)NCCCn1cccc(OCc2ccccc2)c1=O. The van der Waals surface area contributed by atoms with Crippen molar-refractivity contribution in [1.29, 1.82) is 0 Å². The Labute approximate surface area is 135 Å². The average Bonchev–Trinajstić information content (AvgIpc) is 2.59. The molecule has 0 saturated carbocycles. The number of pyridine rings is 1. The third-order valence-electron chi connectivity index (χ3n) is 3.28. The molecule has 0 spiro atoms. The monoisotopic (exact) mass is 312 g/mol. The van der Waals surface area contributed by atoms with Gasteiger partial charge in [0.15, 0.2) is 5.75 Å². The third kappa shape index (κ3) is 5.14. The van der Waals surface area contributed by atoms with Crippen LogP contribution >= 0.6 is 0 Å². The lowest BCUT2D eigenvalue weighted by molar-refractivity contribution is -0.116. The van der Waals surface area contributed by atoms with E-state index < -0.39 is 0 Å². The van der Waals surface area contributed by atoms with Crippen LogP contribution in [0.4, 0.5) is 0 Å². The summed E-state index contributed by atoms with van der Waals surface area (Å²) in [4.78, 5) is 23.4. The van der Waals surface area contributed by atoms with Gasteiger partial charge in [-0.3, -0.25) is 9.59 Å². The van der Waals surface area contributed by atoms with Crippen molar-refractivity contribution >= 4 is 5.91 Å². The highest BCUT2D eigenvalue weighted by Crippen LogP contribution is 2.07. The van der Waals surface area contributed by atoms with Gasteiger partial charge in [-0.1, -0.05) is 36.9 Å². The van der Waals surface area contributed by atoms with Gasteiger partial charge in [-0.25, -0.2) is 0 Å². The number of nitrogens with one attached hydrogen (secondary N) is 1. The van der Waals surface area contributed by atoms with E-state index in [-0.39, 0.29) is 11.5 Å². The Hall–Kier alpha value is -2.82. The van der Waals surface area contributed by atoms with Gasteiger partial charge < -0.3 is 14.6 Å². The van der Waals surface area contributed by atoms with E-state index in [1.165, 1.54) is 6.08 Å². The van der Waals surface area contributed by atoms with Crippen molar-refractivity contribution in [2.24, 2.45) is 0 Å². The number of ether oxygens (including phenoxy) is 1. The fourth-order valence-corrected chi connectivity index (χ4v) is 2.07. The van der Waals surface area contributed by atoms with E-state index in [4.69, 9.17) is 4.74 Å². The zero-order valence-corrected chi connectivity index (χ0v) is 12.9. The van der Waals surface area contributed by atoms with Gasteiger partial charge in [0.25, 0.3) is 5.56 Å². The molecular formula is C18H20N2O3. The summed E-state index contributed by atoms with van der Waals surface area (Å²) in [5.41, 5.74) is 0.841. The van der Waals surface area contributed by atoms with Crippen LogP contribution in [0.5, 0.6) is 5.75 Å². The van der Waals surface area contributed by atoms with Crippen LogP contribution in [0, 0.1) is 0 Å². The highest BCUT2D eigenvalue weighted by atomic mass is 16.5. The van der Waals surface area contributed by atoms with Crippen LogP contribution < -0.4 is 15.6 Å². The summed E-state index contributed by atoms with van der Waals surface area (Å²) < 4.78 is 7.19. The lowest BCUT2D eigenvalue weighted by atomic mass is 10.2. The van der Waals surface area contributed by atoms with Gasteiger partial charge in [0.1, 0.15) is 6.61 Å². The summed E-state index contributed by atoms with van der Waals surface area (Å²) >= 11 is 0. The molecule has 0 aliphatic carbocycles.